The number of hydrogen-bond acceptors (Lipinski definition) is 12. The first-order valence-corrected chi connectivity index (χ1v) is 15.6. The lowest BCUT2D eigenvalue weighted by atomic mass is 9.94. The Morgan fingerprint density at radius 3 is 1.82 bits per heavy atom. The molecule has 3 amide bonds. The Hall–Kier alpha value is -5.31. The molecule has 6 atom stereocenters. The van der Waals surface area contributed by atoms with Gasteiger partial charge < -0.3 is 39.6 Å². The molecule has 0 radical (unpaired) electrons. The first-order valence-electron chi connectivity index (χ1n) is 15.6. The predicted octanol–water partition coefficient (Wildman–Crippen LogP) is 1.65. The number of nitrogens with one attached hydrogen (secondary N) is 3. The van der Waals surface area contributed by atoms with Crippen molar-refractivity contribution >= 4 is 41.6 Å². The fourth-order valence-electron chi connectivity index (χ4n) is 5.94. The maximum Gasteiger partial charge on any atom is 0.407 e. The average Bonchev–Trinajstić information content (AvgIpc) is 3.34. The number of Topliss-reactive ketones (excluding diaryl/α,β-unsaturated/α-hetero) is 1. The van der Waals surface area contributed by atoms with Gasteiger partial charge in [0.25, 0.3) is 0 Å². The molecule has 1 fully saturated rings. The number of rotatable bonds is 12. The van der Waals surface area contributed by atoms with Crippen molar-refractivity contribution in [3.05, 3.63) is 59.7 Å². The zero-order valence-corrected chi connectivity index (χ0v) is 27.7. The molecule has 0 aromatic heterocycles. The molecule has 3 N–H and O–H groups in total. The van der Waals surface area contributed by atoms with Gasteiger partial charge in [-0.15, -0.1) is 0 Å². The van der Waals surface area contributed by atoms with E-state index in [0.717, 1.165) is 43.0 Å². The zero-order chi connectivity index (χ0) is 35.8. The summed E-state index contributed by atoms with van der Waals surface area (Å²) in [4.78, 5) is 86.5. The molecule has 15 nitrogen and oxygen atoms in total. The van der Waals surface area contributed by atoms with E-state index in [9.17, 15) is 33.6 Å². The smallest absolute Gasteiger partial charge is 0.407 e. The largest absolute Gasteiger partial charge is 0.463 e. The van der Waals surface area contributed by atoms with Crippen LogP contribution in [-0.4, -0.2) is 91.4 Å². The number of alkyl carbamates (subject to hydrolysis) is 1. The van der Waals surface area contributed by atoms with Crippen molar-refractivity contribution in [3.8, 4) is 11.1 Å². The van der Waals surface area contributed by atoms with Gasteiger partial charge in [0.05, 0.1) is 12.5 Å². The molecule has 4 rings (SSSR count). The summed E-state index contributed by atoms with van der Waals surface area (Å²) in [5, 5.41) is 7.51. The number of carbonyl (C=O) groups is 7. The maximum absolute atomic E-state index is 13.3. The van der Waals surface area contributed by atoms with Crippen LogP contribution in [0.1, 0.15) is 58.1 Å². The summed E-state index contributed by atoms with van der Waals surface area (Å²) < 4.78 is 27.3. The lowest BCUT2D eigenvalue weighted by molar-refractivity contribution is -0.228. The van der Waals surface area contributed by atoms with Gasteiger partial charge in [0, 0.05) is 33.6 Å². The van der Waals surface area contributed by atoms with Gasteiger partial charge in [0.2, 0.25) is 11.8 Å². The van der Waals surface area contributed by atoms with Gasteiger partial charge in [0.1, 0.15) is 25.4 Å². The molecule has 2 aromatic rings. The third-order valence-electron chi connectivity index (χ3n) is 7.94. The highest BCUT2D eigenvalue weighted by atomic mass is 16.6. The summed E-state index contributed by atoms with van der Waals surface area (Å²) in [7, 11) is 0. The number of fused-ring (bicyclic) bond motifs is 3. The quantitative estimate of drug-likeness (QED) is 0.216. The van der Waals surface area contributed by atoms with E-state index < -0.39 is 91.2 Å². The Morgan fingerprint density at radius 2 is 1.29 bits per heavy atom. The van der Waals surface area contributed by atoms with Crippen molar-refractivity contribution in [1.29, 1.82) is 0 Å². The third kappa shape index (κ3) is 9.41. The Morgan fingerprint density at radius 1 is 0.714 bits per heavy atom. The van der Waals surface area contributed by atoms with E-state index in [-0.39, 0.29) is 12.5 Å². The van der Waals surface area contributed by atoms with Crippen LogP contribution in [0.5, 0.6) is 0 Å². The number of hydrogen-bond donors (Lipinski definition) is 3. The number of ether oxygens (including phenoxy) is 5. The Bertz CT molecular complexity index is 1560. The highest BCUT2D eigenvalue weighted by Gasteiger charge is 2.51. The fourth-order valence-corrected chi connectivity index (χ4v) is 5.94. The average molecular weight is 682 g/mol. The first kappa shape index (κ1) is 36.5. The van der Waals surface area contributed by atoms with Crippen LogP contribution in [0, 0.1) is 0 Å². The molecule has 1 aliphatic heterocycles. The summed E-state index contributed by atoms with van der Waals surface area (Å²) in [6.45, 7) is 5.19. The first-order chi connectivity index (χ1) is 23.2. The molecule has 1 heterocycles. The van der Waals surface area contributed by atoms with Crippen LogP contribution in [0.4, 0.5) is 4.79 Å². The van der Waals surface area contributed by atoms with Crippen LogP contribution < -0.4 is 16.0 Å². The Labute approximate surface area is 282 Å². The van der Waals surface area contributed by atoms with Crippen molar-refractivity contribution in [1.82, 2.24) is 16.0 Å². The highest BCUT2D eigenvalue weighted by Crippen LogP contribution is 2.44. The van der Waals surface area contributed by atoms with E-state index in [1.165, 1.54) is 13.8 Å². The van der Waals surface area contributed by atoms with E-state index in [1.807, 2.05) is 48.5 Å². The summed E-state index contributed by atoms with van der Waals surface area (Å²) >= 11 is 0. The van der Waals surface area contributed by atoms with Crippen LogP contribution >= 0.6 is 0 Å². The molecule has 15 heteroatoms. The molecule has 49 heavy (non-hydrogen) atoms. The highest BCUT2D eigenvalue weighted by molar-refractivity contribution is 5.91. The molecule has 2 aromatic carbocycles. The van der Waals surface area contributed by atoms with Gasteiger partial charge in [-0.1, -0.05) is 48.5 Å². The lowest BCUT2D eigenvalue weighted by Crippen LogP contribution is -2.69. The predicted molar refractivity (Wildman–Crippen MR) is 169 cm³/mol. The second kappa shape index (κ2) is 16.2. The molecular weight excluding hydrogens is 642 g/mol. The second-order valence-electron chi connectivity index (χ2n) is 11.7. The molecule has 0 bridgehead atoms. The van der Waals surface area contributed by atoms with Crippen LogP contribution in [-0.2, 0) is 52.5 Å². The summed E-state index contributed by atoms with van der Waals surface area (Å²) in [5.41, 5.74) is 4.07. The molecule has 0 saturated carbocycles. The Balaban J connectivity index is 1.46. The van der Waals surface area contributed by atoms with Crippen LogP contribution in [0.2, 0.25) is 0 Å². The summed E-state index contributed by atoms with van der Waals surface area (Å²) in [6.07, 6.45) is -6.92. The molecule has 2 unspecified atom stereocenters. The van der Waals surface area contributed by atoms with Crippen molar-refractivity contribution in [2.75, 3.05) is 13.2 Å². The molecule has 262 valence electrons. The van der Waals surface area contributed by atoms with E-state index in [4.69, 9.17) is 23.7 Å². The van der Waals surface area contributed by atoms with Gasteiger partial charge in [-0.05, 0) is 29.2 Å². The van der Waals surface area contributed by atoms with Crippen molar-refractivity contribution < 1.29 is 57.2 Å². The number of esters is 3. The second-order valence-corrected chi connectivity index (χ2v) is 11.7. The van der Waals surface area contributed by atoms with Crippen LogP contribution in [0.3, 0.4) is 0 Å². The number of benzene rings is 2. The minimum atomic E-state index is -1.44. The summed E-state index contributed by atoms with van der Waals surface area (Å²) in [5.74, 6) is -4.48. The van der Waals surface area contributed by atoms with Crippen LogP contribution in [0.25, 0.3) is 11.1 Å². The van der Waals surface area contributed by atoms with Gasteiger partial charge in [-0.3, -0.25) is 28.8 Å². The van der Waals surface area contributed by atoms with Gasteiger partial charge >= 0.3 is 24.0 Å². The SMILES string of the molecule is CC(=O)NC1[C@H](NC(=O)C[C@@H](NC(=O)OCC2c3ccccc3-c3ccccc32)C(C)=O)OC(COC(C)=O)[C@H](OC(C)=O)[C@@H]1OC(C)=O. The van der Waals surface area contributed by atoms with Crippen molar-refractivity contribution in [3.63, 3.8) is 0 Å². The van der Waals surface area contributed by atoms with Crippen molar-refractivity contribution in [2.45, 2.75) is 83.6 Å². The van der Waals surface area contributed by atoms with Gasteiger partial charge in [-0.25, -0.2) is 4.79 Å². The molecular formula is C34H39N3O12. The van der Waals surface area contributed by atoms with E-state index >= 15 is 0 Å². The standard InChI is InChI=1S/C34H39N3O12/c1-17(38)27(36-34(44)46-15-26-24-12-8-6-10-22(24)23-11-7-9-13-25(23)26)14-29(43)37-33-30(35-18(2)39)32(48-21(5)42)31(47-20(4)41)28(49-33)16-45-19(3)40/h6-13,26-28,30-33H,14-16H2,1-5H3,(H,35,39)(H,36,44)(H,37,43)/t27-,28?,30?,31+,32-,33-/m1/s1. The normalized spacial score (nSPS) is 21.5. The fraction of sp³-hybridized carbons (Fsp3) is 0.441. The van der Waals surface area contributed by atoms with Crippen molar-refractivity contribution in [2.24, 2.45) is 0 Å². The topological polar surface area (TPSA) is 202 Å². The molecule has 0 spiro atoms. The number of ketones is 1. The van der Waals surface area contributed by atoms with E-state index in [1.54, 1.807) is 0 Å². The number of carbonyl (C=O) groups excluding carboxylic acids is 7. The molecule has 1 aliphatic carbocycles. The lowest BCUT2D eigenvalue weighted by Gasteiger charge is -2.45. The number of amides is 3. The molecule has 1 saturated heterocycles. The zero-order valence-electron chi connectivity index (χ0n) is 27.7. The van der Waals surface area contributed by atoms with Gasteiger partial charge in [0.15, 0.2) is 24.2 Å². The van der Waals surface area contributed by atoms with Gasteiger partial charge in [-0.2, -0.15) is 0 Å². The minimum Gasteiger partial charge on any atom is -0.463 e. The monoisotopic (exact) mass is 681 g/mol. The van der Waals surface area contributed by atoms with Crippen LogP contribution in [0.15, 0.2) is 48.5 Å². The maximum atomic E-state index is 13.3. The van der Waals surface area contributed by atoms with E-state index in [2.05, 4.69) is 16.0 Å². The Kier molecular flexibility index (Phi) is 12.1. The summed E-state index contributed by atoms with van der Waals surface area (Å²) in [6, 6.07) is 13.0. The third-order valence-corrected chi connectivity index (χ3v) is 7.94. The van der Waals surface area contributed by atoms with E-state index in [0.29, 0.717) is 0 Å². The molecule has 2 aliphatic rings. The minimum absolute atomic E-state index is 0.0181.